The fourth-order valence-electron chi connectivity index (χ4n) is 2.55. The van der Waals surface area contributed by atoms with E-state index in [-0.39, 0.29) is 10.9 Å². The van der Waals surface area contributed by atoms with Crippen LogP contribution in [-0.2, 0) is 19.6 Å². The number of nitrogens with zero attached hydrogens (tertiary/aromatic N) is 1. The van der Waals surface area contributed by atoms with E-state index in [9.17, 15) is 17.8 Å². The summed E-state index contributed by atoms with van der Waals surface area (Å²) in [6.45, 7) is 4.23. The number of aryl methyl sites for hydroxylation is 1. The Bertz CT molecular complexity index is 723. The van der Waals surface area contributed by atoms with E-state index in [4.69, 9.17) is 4.74 Å². The van der Waals surface area contributed by atoms with Gasteiger partial charge in [0.15, 0.2) is 0 Å². The lowest BCUT2D eigenvalue weighted by Gasteiger charge is -2.35. The van der Waals surface area contributed by atoms with Crippen LogP contribution in [0.5, 0.6) is 0 Å². The summed E-state index contributed by atoms with van der Waals surface area (Å²) >= 11 is 0. The molecule has 0 radical (unpaired) electrons. The van der Waals surface area contributed by atoms with Gasteiger partial charge in [-0.15, -0.1) is 0 Å². The molecule has 120 valence electrons. The highest BCUT2D eigenvalue weighted by Gasteiger charge is 2.30. The minimum absolute atomic E-state index is 0.192. The summed E-state index contributed by atoms with van der Waals surface area (Å²) in [6.07, 6.45) is 2.50. The van der Waals surface area contributed by atoms with Crippen LogP contribution in [0.2, 0.25) is 0 Å². The lowest BCUT2D eigenvalue weighted by Crippen LogP contribution is -2.45. The summed E-state index contributed by atoms with van der Waals surface area (Å²) in [4.78, 5) is 13.6. The van der Waals surface area contributed by atoms with Crippen LogP contribution >= 0.6 is 0 Å². The predicted octanol–water partition coefficient (Wildman–Crippen LogP) is 1.94. The van der Waals surface area contributed by atoms with Crippen molar-refractivity contribution in [3.8, 4) is 0 Å². The van der Waals surface area contributed by atoms with Crippen molar-refractivity contribution in [1.82, 2.24) is 0 Å². The molecule has 1 aliphatic heterocycles. The second kappa shape index (κ2) is 6.10. The molecule has 1 atom stereocenters. The second-order valence-corrected chi connectivity index (χ2v) is 6.79. The van der Waals surface area contributed by atoms with Gasteiger partial charge in [-0.25, -0.2) is 4.79 Å². The van der Waals surface area contributed by atoms with Crippen molar-refractivity contribution in [2.45, 2.75) is 31.2 Å². The Balaban J connectivity index is 2.51. The molecule has 22 heavy (non-hydrogen) atoms. The van der Waals surface area contributed by atoms with E-state index in [1.807, 2.05) is 19.9 Å². The number of esters is 1. The summed E-state index contributed by atoms with van der Waals surface area (Å²) in [5, 5.41) is 0. The maximum atomic E-state index is 12.0. The first kappa shape index (κ1) is 16.5. The molecule has 0 unspecified atom stereocenters. The van der Waals surface area contributed by atoms with Crippen molar-refractivity contribution in [2.75, 3.05) is 18.6 Å². The van der Waals surface area contributed by atoms with E-state index < -0.39 is 16.2 Å². The van der Waals surface area contributed by atoms with E-state index in [0.717, 1.165) is 11.1 Å². The Morgan fingerprint density at radius 2 is 2.05 bits per heavy atom. The summed E-state index contributed by atoms with van der Waals surface area (Å²) in [5.74, 6) is -0.371. The fourth-order valence-corrected chi connectivity index (χ4v) is 3.05. The molecule has 2 rings (SSSR count). The molecule has 1 N–H and O–H groups in total. The maximum Gasteiger partial charge on any atom is 0.328 e. The van der Waals surface area contributed by atoms with Gasteiger partial charge in [-0.05, 0) is 38.0 Å². The van der Waals surface area contributed by atoms with Gasteiger partial charge >= 0.3 is 5.97 Å². The van der Waals surface area contributed by atoms with Crippen LogP contribution in [0.1, 0.15) is 18.9 Å². The van der Waals surface area contributed by atoms with Crippen molar-refractivity contribution in [3.63, 3.8) is 0 Å². The number of hydrogen-bond donors (Lipinski definition) is 1. The predicted molar refractivity (Wildman–Crippen MR) is 82.5 cm³/mol. The SMILES string of the molecule is COC(=O)[C@H]1CC(C)=CCN1c1cc(S(=O)(=O)O)ccc1C. The zero-order valence-corrected chi connectivity index (χ0v) is 13.6. The molecule has 1 aromatic rings. The van der Waals surface area contributed by atoms with Gasteiger partial charge in [0.2, 0.25) is 0 Å². The van der Waals surface area contributed by atoms with Gasteiger partial charge < -0.3 is 9.64 Å². The highest BCUT2D eigenvalue weighted by Crippen LogP contribution is 2.30. The Hall–Kier alpha value is -1.86. The van der Waals surface area contributed by atoms with E-state index >= 15 is 0 Å². The molecule has 0 spiro atoms. The summed E-state index contributed by atoms with van der Waals surface area (Å²) in [6, 6.07) is 3.82. The van der Waals surface area contributed by atoms with Gasteiger partial charge in [-0.3, -0.25) is 4.55 Å². The van der Waals surface area contributed by atoms with Gasteiger partial charge in [0.25, 0.3) is 10.1 Å². The lowest BCUT2D eigenvalue weighted by molar-refractivity contribution is -0.142. The number of anilines is 1. The highest BCUT2D eigenvalue weighted by molar-refractivity contribution is 7.85. The first-order chi connectivity index (χ1) is 10.2. The topological polar surface area (TPSA) is 83.9 Å². The number of carbonyl (C=O) groups is 1. The zero-order valence-electron chi connectivity index (χ0n) is 12.7. The number of hydrogen-bond acceptors (Lipinski definition) is 5. The first-order valence-corrected chi connectivity index (χ1v) is 8.26. The van der Waals surface area contributed by atoms with Gasteiger partial charge in [0, 0.05) is 12.2 Å². The number of carbonyl (C=O) groups excluding carboxylic acids is 1. The van der Waals surface area contributed by atoms with Crippen LogP contribution in [0.15, 0.2) is 34.7 Å². The largest absolute Gasteiger partial charge is 0.467 e. The van der Waals surface area contributed by atoms with Crippen molar-refractivity contribution in [3.05, 3.63) is 35.4 Å². The van der Waals surface area contributed by atoms with Crippen LogP contribution in [0.3, 0.4) is 0 Å². The normalized spacial score (nSPS) is 18.8. The van der Waals surface area contributed by atoms with Gasteiger partial charge in [0.1, 0.15) is 6.04 Å². The standard InChI is InChI=1S/C15H19NO5S/c1-10-6-7-16(14(8-10)15(17)21-3)13-9-12(22(18,19)20)5-4-11(13)2/h4-6,9,14H,7-8H2,1-3H3,(H,18,19,20)/t14-/m1/s1. The van der Waals surface area contributed by atoms with Crippen LogP contribution in [-0.4, -0.2) is 38.6 Å². The Labute approximate surface area is 130 Å². The lowest BCUT2D eigenvalue weighted by atomic mass is 9.99. The molecule has 1 heterocycles. The third kappa shape index (κ3) is 3.31. The van der Waals surface area contributed by atoms with E-state index in [1.165, 1.54) is 19.2 Å². The molecule has 0 aliphatic carbocycles. The molecular formula is C15H19NO5S. The minimum Gasteiger partial charge on any atom is -0.467 e. The quantitative estimate of drug-likeness (QED) is 0.519. The highest BCUT2D eigenvalue weighted by atomic mass is 32.2. The van der Waals surface area contributed by atoms with Gasteiger partial charge in [0.05, 0.1) is 12.0 Å². The average Bonchev–Trinajstić information content (AvgIpc) is 2.46. The first-order valence-electron chi connectivity index (χ1n) is 6.82. The summed E-state index contributed by atoms with van der Waals surface area (Å²) in [5.41, 5.74) is 2.48. The van der Waals surface area contributed by atoms with Crippen molar-refractivity contribution < 1.29 is 22.5 Å². The van der Waals surface area contributed by atoms with Gasteiger partial charge in [-0.1, -0.05) is 17.7 Å². The van der Waals surface area contributed by atoms with Crippen LogP contribution < -0.4 is 4.90 Å². The molecule has 0 bridgehead atoms. The Morgan fingerprint density at radius 3 is 2.64 bits per heavy atom. The fraction of sp³-hybridized carbons (Fsp3) is 0.400. The number of ether oxygens (including phenoxy) is 1. The molecule has 0 aromatic heterocycles. The Morgan fingerprint density at radius 1 is 1.36 bits per heavy atom. The van der Waals surface area contributed by atoms with Gasteiger partial charge in [-0.2, -0.15) is 8.42 Å². The van der Waals surface area contributed by atoms with E-state index in [2.05, 4.69) is 0 Å². The smallest absolute Gasteiger partial charge is 0.328 e. The number of methoxy groups -OCH3 is 1. The number of rotatable bonds is 3. The monoisotopic (exact) mass is 325 g/mol. The minimum atomic E-state index is -4.29. The van der Waals surface area contributed by atoms with Crippen molar-refractivity contribution >= 4 is 21.8 Å². The third-order valence-electron chi connectivity index (χ3n) is 3.79. The molecule has 7 heteroatoms. The molecule has 1 aliphatic rings. The maximum absolute atomic E-state index is 12.0. The molecule has 1 aromatic carbocycles. The van der Waals surface area contributed by atoms with Crippen molar-refractivity contribution in [1.29, 1.82) is 0 Å². The molecule has 0 saturated carbocycles. The number of benzene rings is 1. The van der Waals surface area contributed by atoms with Crippen LogP contribution in [0.25, 0.3) is 0 Å². The van der Waals surface area contributed by atoms with E-state index in [0.29, 0.717) is 18.7 Å². The zero-order chi connectivity index (χ0) is 16.5. The molecule has 0 fully saturated rings. The molecule has 0 saturated heterocycles. The Kier molecular flexibility index (Phi) is 4.58. The molecule has 6 nitrogen and oxygen atoms in total. The summed E-state index contributed by atoms with van der Waals surface area (Å²) < 4.78 is 36.7. The van der Waals surface area contributed by atoms with Crippen LogP contribution in [0, 0.1) is 6.92 Å². The molecular weight excluding hydrogens is 306 g/mol. The summed E-state index contributed by atoms with van der Waals surface area (Å²) in [7, 11) is -2.96. The van der Waals surface area contributed by atoms with E-state index in [1.54, 1.807) is 11.0 Å². The van der Waals surface area contributed by atoms with Crippen molar-refractivity contribution in [2.24, 2.45) is 0 Å². The second-order valence-electron chi connectivity index (χ2n) is 5.37. The average molecular weight is 325 g/mol. The third-order valence-corrected chi connectivity index (χ3v) is 4.64. The molecule has 0 amide bonds. The van der Waals surface area contributed by atoms with Crippen LogP contribution in [0.4, 0.5) is 5.69 Å².